The topological polar surface area (TPSA) is 101 Å². The van der Waals surface area contributed by atoms with Crippen LogP contribution in [-0.2, 0) is 10.0 Å². The number of aromatic nitrogens is 1. The minimum absolute atomic E-state index is 0.0722. The first-order valence-electron chi connectivity index (χ1n) is 11.5. The minimum Gasteiger partial charge on any atom is -0.497 e. The molecule has 1 N–H and O–H groups in total. The Morgan fingerprint density at radius 2 is 1.76 bits per heavy atom. The lowest BCUT2D eigenvalue weighted by atomic mass is 10.2. The number of rotatable bonds is 10. The minimum atomic E-state index is -3.88. The van der Waals surface area contributed by atoms with E-state index in [1.165, 1.54) is 36.6 Å². The van der Waals surface area contributed by atoms with E-state index >= 15 is 0 Å². The van der Waals surface area contributed by atoms with E-state index in [-0.39, 0.29) is 16.5 Å². The Kier molecular flexibility index (Phi) is 8.41. The zero-order valence-corrected chi connectivity index (χ0v) is 23.7. The van der Waals surface area contributed by atoms with E-state index in [0.29, 0.717) is 50.5 Å². The standard InChI is InChI=1S/C26H27ClN4O5S2/c1-30(2)14-15-31(26-28-23-22(36-4)13-12-21(27)24(23)37-26)25(32)17-6-5-7-18(16-17)29-38(33,34)20-10-8-19(35-3)9-11-20/h5-13,16,29H,14-15H2,1-4H3. The molecule has 4 rings (SSSR count). The molecule has 0 fully saturated rings. The van der Waals surface area contributed by atoms with Crippen molar-refractivity contribution < 1.29 is 22.7 Å². The number of sulfonamides is 1. The fourth-order valence-corrected chi connectivity index (χ4v) is 5.98. The second-order valence-corrected chi connectivity index (χ2v) is 11.6. The van der Waals surface area contributed by atoms with Gasteiger partial charge < -0.3 is 14.4 Å². The molecule has 0 saturated heterocycles. The number of thiazole rings is 1. The van der Waals surface area contributed by atoms with Crippen molar-refractivity contribution in [3.8, 4) is 11.5 Å². The number of hydrogen-bond donors (Lipinski definition) is 1. The molecule has 0 aliphatic heterocycles. The predicted octanol–water partition coefficient (Wildman–Crippen LogP) is 4.98. The summed E-state index contributed by atoms with van der Waals surface area (Å²) in [4.78, 5) is 22.0. The largest absolute Gasteiger partial charge is 0.497 e. The average Bonchev–Trinajstić information content (AvgIpc) is 3.35. The Bertz CT molecular complexity index is 1560. The number of carbonyl (C=O) groups is 1. The van der Waals surface area contributed by atoms with E-state index in [1.807, 2.05) is 19.0 Å². The summed E-state index contributed by atoms with van der Waals surface area (Å²) in [6.45, 7) is 0.934. The quantitative estimate of drug-likeness (QED) is 0.285. The first-order chi connectivity index (χ1) is 18.1. The summed E-state index contributed by atoms with van der Waals surface area (Å²) in [7, 11) is 3.00. The van der Waals surface area contributed by atoms with Gasteiger partial charge in [0.1, 0.15) is 17.0 Å². The number of benzene rings is 3. The van der Waals surface area contributed by atoms with Gasteiger partial charge in [-0.3, -0.25) is 14.4 Å². The second kappa shape index (κ2) is 11.6. The molecule has 0 bridgehead atoms. The molecule has 0 aliphatic rings. The van der Waals surface area contributed by atoms with Crippen LogP contribution in [0.1, 0.15) is 10.4 Å². The van der Waals surface area contributed by atoms with Crippen molar-refractivity contribution in [2.75, 3.05) is 51.0 Å². The molecule has 200 valence electrons. The maximum absolute atomic E-state index is 13.8. The van der Waals surface area contributed by atoms with Crippen LogP contribution in [0, 0.1) is 0 Å². The van der Waals surface area contributed by atoms with Gasteiger partial charge in [-0.15, -0.1) is 0 Å². The summed E-state index contributed by atoms with van der Waals surface area (Å²) in [6, 6.07) is 15.9. The van der Waals surface area contributed by atoms with Gasteiger partial charge in [0.15, 0.2) is 5.13 Å². The molecule has 4 aromatic rings. The number of ether oxygens (including phenoxy) is 2. The first kappa shape index (κ1) is 27.6. The van der Waals surface area contributed by atoms with Crippen LogP contribution in [0.5, 0.6) is 11.5 Å². The molecule has 0 unspecified atom stereocenters. The van der Waals surface area contributed by atoms with E-state index in [9.17, 15) is 13.2 Å². The van der Waals surface area contributed by atoms with Gasteiger partial charge in [0.25, 0.3) is 15.9 Å². The van der Waals surface area contributed by atoms with Gasteiger partial charge in [-0.05, 0) is 68.7 Å². The molecule has 1 aromatic heterocycles. The van der Waals surface area contributed by atoms with Crippen molar-refractivity contribution in [1.29, 1.82) is 0 Å². The highest BCUT2D eigenvalue weighted by molar-refractivity contribution is 7.92. The van der Waals surface area contributed by atoms with E-state index in [1.54, 1.807) is 54.5 Å². The molecular formula is C26H27ClN4O5S2. The Morgan fingerprint density at radius 1 is 1.03 bits per heavy atom. The van der Waals surface area contributed by atoms with Crippen molar-refractivity contribution in [2.24, 2.45) is 0 Å². The summed E-state index contributed by atoms with van der Waals surface area (Å²) in [5, 5.41) is 0.974. The van der Waals surface area contributed by atoms with Crippen LogP contribution in [-0.4, -0.2) is 65.6 Å². The van der Waals surface area contributed by atoms with Gasteiger partial charge in [-0.2, -0.15) is 0 Å². The molecule has 0 aliphatic carbocycles. The number of fused-ring (bicyclic) bond motifs is 1. The molecule has 9 nitrogen and oxygen atoms in total. The number of amides is 1. The van der Waals surface area contributed by atoms with Gasteiger partial charge >= 0.3 is 0 Å². The van der Waals surface area contributed by atoms with Crippen LogP contribution in [0.4, 0.5) is 10.8 Å². The highest BCUT2D eigenvalue weighted by Crippen LogP contribution is 2.39. The summed E-state index contributed by atoms with van der Waals surface area (Å²) in [5.74, 6) is 0.774. The molecule has 3 aromatic carbocycles. The van der Waals surface area contributed by atoms with Crippen LogP contribution >= 0.6 is 22.9 Å². The van der Waals surface area contributed by atoms with Gasteiger partial charge in [0.05, 0.1) is 28.8 Å². The van der Waals surface area contributed by atoms with Crippen LogP contribution in [0.3, 0.4) is 0 Å². The van der Waals surface area contributed by atoms with Gasteiger partial charge in [-0.25, -0.2) is 13.4 Å². The molecule has 0 radical (unpaired) electrons. The molecule has 0 spiro atoms. The second-order valence-electron chi connectivity index (χ2n) is 8.55. The molecule has 1 heterocycles. The normalized spacial score (nSPS) is 11.5. The number of carbonyl (C=O) groups excluding carboxylic acids is 1. The van der Waals surface area contributed by atoms with Gasteiger partial charge in [0.2, 0.25) is 0 Å². The first-order valence-corrected chi connectivity index (χ1v) is 14.2. The number of anilines is 2. The molecule has 1 amide bonds. The Balaban J connectivity index is 1.66. The lowest BCUT2D eigenvalue weighted by molar-refractivity contribution is 0.0985. The van der Waals surface area contributed by atoms with Crippen LogP contribution < -0.4 is 19.1 Å². The van der Waals surface area contributed by atoms with Crippen LogP contribution in [0.15, 0.2) is 65.6 Å². The van der Waals surface area contributed by atoms with Crippen LogP contribution in [0.25, 0.3) is 10.2 Å². The van der Waals surface area contributed by atoms with Gasteiger partial charge in [-0.1, -0.05) is 29.0 Å². The maximum atomic E-state index is 13.8. The van der Waals surface area contributed by atoms with E-state index in [2.05, 4.69) is 9.71 Å². The predicted molar refractivity (Wildman–Crippen MR) is 152 cm³/mol. The third-order valence-corrected chi connectivity index (χ3v) is 8.58. The SMILES string of the molecule is COc1ccc(S(=O)(=O)Nc2cccc(C(=O)N(CCN(C)C)c3nc4c(OC)ccc(Cl)c4s3)c2)cc1. The number of hydrogen-bond acceptors (Lipinski definition) is 8. The van der Waals surface area contributed by atoms with Crippen LogP contribution in [0.2, 0.25) is 5.02 Å². The summed E-state index contributed by atoms with van der Waals surface area (Å²) < 4.78 is 39.6. The number of nitrogens with one attached hydrogen (secondary N) is 1. The smallest absolute Gasteiger partial charge is 0.261 e. The summed E-state index contributed by atoms with van der Waals surface area (Å²) in [6.07, 6.45) is 0. The number of nitrogens with zero attached hydrogens (tertiary/aromatic N) is 3. The fraction of sp³-hybridized carbons (Fsp3) is 0.231. The molecule has 0 saturated carbocycles. The van der Waals surface area contributed by atoms with Crippen molar-refractivity contribution in [3.05, 3.63) is 71.2 Å². The molecular weight excluding hydrogens is 548 g/mol. The molecule has 0 atom stereocenters. The summed E-state index contributed by atoms with van der Waals surface area (Å²) in [5.41, 5.74) is 1.13. The number of methoxy groups -OCH3 is 2. The van der Waals surface area contributed by atoms with Crippen molar-refractivity contribution >= 4 is 59.9 Å². The van der Waals surface area contributed by atoms with Crippen molar-refractivity contribution in [1.82, 2.24) is 9.88 Å². The third kappa shape index (κ3) is 6.02. The number of likely N-dealkylation sites (N-methyl/N-ethyl adjacent to an activating group) is 1. The third-order valence-electron chi connectivity index (χ3n) is 5.65. The maximum Gasteiger partial charge on any atom is 0.261 e. The fourth-order valence-electron chi connectivity index (χ4n) is 3.65. The van der Waals surface area contributed by atoms with E-state index < -0.39 is 10.0 Å². The average molecular weight is 575 g/mol. The Morgan fingerprint density at radius 3 is 2.42 bits per heavy atom. The Labute approximate surface area is 230 Å². The van der Waals surface area contributed by atoms with E-state index in [4.69, 9.17) is 21.1 Å². The zero-order valence-electron chi connectivity index (χ0n) is 21.3. The van der Waals surface area contributed by atoms with Crippen molar-refractivity contribution in [2.45, 2.75) is 4.90 Å². The van der Waals surface area contributed by atoms with Gasteiger partial charge in [0, 0.05) is 24.3 Å². The monoisotopic (exact) mass is 574 g/mol. The molecule has 38 heavy (non-hydrogen) atoms. The highest BCUT2D eigenvalue weighted by Gasteiger charge is 2.24. The summed E-state index contributed by atoms with van der Waals surface area (Å²) >= 11 is 7.70. The van der Waals surface area contributed by atoms with Crippen molar-refractivity contribution in [3.63, 3.8) is 0 Å². The lowest BCUT2D eigenvalue weighted by Crippen LogP contribution is -2.36. The molecule has 12 heteroatoms. The number of halogens is 1. The zero-order chi connectivity index (χ0) is 27.4. The lowest BCUT2D eigenvalue weighted by Gasteiger charge is -2.22. The van der Waals surface area contributed by atoms with E-state index in [0.717, 1.165) is 0 Å². The Hall–Kier alpha value is -3.38. The highest BCUT2D eigenvalue weighted by atomic mass is 35.5.